The average Bonchev–Trinajstić information content (AvgIpc) is 2.96. The first-order chi connectivity index (χ1) is 12.8. The Morgan fingerprint density at radius 1 is 1.56 bits per heavy atom. The molecule has 0 fully saturated rings. The van der Waals surface area contributed by atoms with Crippen LogP contribution in [0.4, 0.5) is 15.8 Å². The fourth-order valence-electron chi connectivity index (χ4n) is 2.14. The molecule has 0 aliphatic carbocycles. The number of rotatable bonds is 9. The number of aromatic amines is 1. The van der Waals surface area contributed by atoms with Crippen LogP contribution in [-0.2, 0) is 16.1 Å². The number of carbonyl (C=O) groups is 1. The molecule has 1 atom stereocenters. The number of H-pyrrole nitrogens is 1. The van der Waals surface area contributed by atoms with Crippen molar-refractivity contribution in [2.24, 2.45) is 0 Å². The van der Waals surface area contributed by atoms with Gasteiger partial charge in [-0.25, -0.2) is 9.89 Å². The number of ether oxygens (including phenoxy) is 1. The second kappa shape index (κ2) is 9.28. The molecule has 1 heterocycles. The fourth-order valence-corrected chi connectivity index (χ4v) is 3.03. The number of nitro groups is 1. The number of aromatic nitrogens is 3. The van der Waals surface area contributed by atoms with Crippen LogP contribution in [0, 0.1) is 15.9 Å². The molecule has 1 amide bonds. The lowest BCUT2D eigenvalue weighted by atomic mass is 10.2. The van der Waals surface area contributed by atoms with E-state index >= 15 is 0 Å². The molecule has 0 aliphatic rings. The van der Waals surface area contributed by atoms with Gasteiger partial charge in [0.1, 0.15) is 0 Å². The summed E-state index contributed by atoms with van der Waals surface area (Å²) >= 11 is 1.05. The minimum Gasteiger partial charge on any atom is -0.385 e. The molecule has 2 N–H and O–H groups in total. The zero-order valence-corrected chi connectivity index (χ0v) is 15.4. The maximum absolute atomic E-state index is 13.4. The number of halogens is 1. The van der Waals surface area contributed by atoms with E-state index in [0.29, 0.717) is 24.7 Å². The van der Waals surface area contributed by atoms with E-state index in [1.807, 2.05) is 0 Å². The molecule has 0 bridgehead atoms. The fraction of sp³-hybridized carbons (Fsp3) is 0.400. The SMILES string of the molecule is COCCCn1c(SC(C)C(=O)Nc2ccc(F)c([N+](=O)[O-])c2)n[nH]c1=O. The Bertz CT molecular complexity index is 884. The van der Waals surface area contributed by atoms with Crippen LogP contribution in [0.2, 0.25) is 0 Å². The molecular weight excluding hydrogens is 381 g/mol. The average molecular weight is 399 g/mol. The summed E-state index contributed by atoms with van der Waals surface area (Å²) in [6, 6.07) is 3.08. The summed E-state index contributed by atoms with van der Waals surface area (Å²) in [5.74, 6) is -1.46. The van der Waals surface area contributed by atoms with Gasteiger partial charge in [0.05, 0.1) is 10.2 Å². The summed E-state index contributed by atoms with van der Waals surface area (Å²) in [5, 5.41) is 19.2. The van der Waals surface area contributed by atoms with Gasteiger partial charge < -0.3 is 10.1 Å². The summed E-state index contributed by atoms with van der Waals surface area (Å²) in [5.41, 5.74) is -1.03. The number of carbonyl (C=O) groups excluding carboxylic acids is 1. The molecular formula is C15H18FN5O5S. The van der Waals surface area contributed by atoms with Crippen molar-refractivity contribution in [1.82, 2.24) is 14.8 Å². The zero-order valence-electron chi connectivity index (χ0n) is 14.6. The van der Waals surface area contributed by atoms with Crippen molar-refractivity contribution in [3.8, 4) is 0 Å². The number of nitrogens with zero attached hydrogens (tertiary/aromatic N) is 3. The standard InChI is InChI=1S/C15H18FN5O5S/c1-9(27-15-19-18-14(23)20(15)6-3-7-26-2)13(22)17-10-4-5-11(16)12(8-10)21(24)25/h4-5,8-9H,3,6-7H2,1-2H3,(H,17,22)(H,18,23). The van der Waals surface area contributed by atoms with Crippen LogP contribution in [0.5, 0.6) is 0 Å². The number of amides is 1. The molecule has 0 saturated carbocycles. The summed E-state index contributed by atoms with van der Waals surface area (Å²) in [4.78, 5) is 34.0. The lowest BCUT2D eigenvalue weighted by Gasteiger charge is -2.12. The molecule has 10 nitrogen and oxygen atoms in total. The number of anilines is 1. The highest BCUT2D eigenvalue weighted by Crippen LogP contribution is 2.24. The third-order valence-electron chi connectivity index (χ3n) is 3.52. The second-order valence-corrected chi connectivity index (χ2v) is 6.79. The normalized spacial score (nSPS) is 12.0. The van der Waals surface area contributed by atoms with Crippen LogP contribution in [-0.4, -0.2) is 44.6 Å². The first kappa shape index (κ1) is 20.6. The van der Waals surface area contributed by atoms with Gasteiger partial charge in [0.2, 0.25) is 11.7 Å². The third-order valence-corrected chi connectivity index (χ3v) is 4.61. The van der Waals surface area contributed by atoms with Gasteiger partial charge in [-0.05, 0) is 25.5 Å². The lowest BCUT2D eigenvalue weighted by Crippen LogP contribution is -2.24. The van der Waals surface area contributed by atoms with E-state index in [9.17, 15) is 24.1 Å². The Kier molecular flexibility index (Phi) is 7.07. The molecule has 27 heavy (non-hydrogen) atoms. The Hall–Kier alpha value is -2.73. The van der Waals surface area contributed by atoms with Crippen LogP contribution < -0.4 is 11.0 Å². The van der Waals surface area contributed by atoms with Gasteiger partial charge in [-0.15, -0.1) is 5.10 Å². The minimum atomic E-state index is -0.989. The molecule has 0 aliphatic heterocycles. The molecule has 2 aromatic rings. The monoisotopic (exact) mass is 399 g/mol. The lowest BCUT2D eigenvalue weighted by molar-refractivity contribution is -0.387. The first-order valence-corrected chi connectivity index (χ1v) is 8.77. The summed E-state index contributed by atoms with van der Waals surface area (Å²) in [7, 11) is 1.56. The van der Waals surface area contributed by atoms with Gasteiger partial charge in [0.15, 0.2) is 5.16 Å². The molecule has 2 rings (SSSR count). The predicted molar refractivity (Wildman–Crippen MR) is 96.3 cm³/mol. The second-order valence-electron chi connectivity index (χ2n) is 5.48. The van der Waals surface area contributed by atoms with Crippen LogP contribution in [0.3, 0.4) is 0 Å². The molecule has 12 heteroatoms. The van der Waals surface area contributed by atoms with E-state index in [0.717, 1.165) is 23.9 Å². The Labute approximate surface area is 157 Å². The largest absolute Gasteiger partial charge is 0.385 e. The van der Waals surface area contributed by atoms with Crippen LogP contribution in [0.15, 0.2) is 28.2 Å². The van der Waals surface area contributed by atoms with Crippen LogP contribution in [0.1, 0.15) is 13.3 Å². The van der Waals surface area contributed by atoms with E-state index in [2.05, 4.69) is 15.5 Å². The number of methoxy groups -OCH3 is 1. The highest BCUT2D eigenvalue weighted by Gasteiger charge is 2.21. The molecule has 0 radical (unpaired) electrons. The molecule has 0 spiro atoms. The first-order valence-electron chi connectivity index (χ1n) is 7.89. The smallest absolute Gasteiger partial charge is 0.343 e. The maximum atomic E-state index is 13.4. The Balaban J connectivity index is 2.05. The number of hydrogen-bond acceptors (Lipinski definition) is 7. The molecule has 0 saturated heterocycles. The summed E-state index contributed by atoms with van der Waals surface area (Å²) in [6.45, 7) is 2.45. The van der Waals surface area contributed by atoms with E-state index in [1.165, 1.54) is 10.6 Å². The highest BCUT2D eigenvalue weighted by atomic mass is 32.2. The van der Waals surface area contributed by atoms with E-state index in [-0.39, 0.29) is 5.69 Å². The Morgan fingerprint density at radius 2 is 2.30 bits per heavy atom. The number of benzene rings is 1. The van der Waals surface area contributed by atoms with E-state index in [1.54, 1.807) is 14.0 Å². The highest BCUT2D eigenvalue weighted by molar-refractivity contribution is 8.00. The third kappa shape index (κ3) is 5.37. The van der Waals surface area contributed by atoms with Gasteiger partial charge in [0.25, 0.3) is 0 Å². The van der Waals surface area contributed by atoms with Crippen molar-refractivity contribution in [2.75, 3.05) is 19.0 Å². The molecule has 146 valence electrons. The topological polar surface area (TPSA) is 132 Å². The van der Waals surface area contributed by atoms with Crippen molar-refractivity contribution in [1.29, 1.82) is 0 Å². The zero-order chi connectivity index (χ0) is 20.0. The van der Waals surface area contributed by atoms with Gasteiger partial charge in [-0.2, -0.15) is 4.39 Å². The summed E-state index contributed by atoms with van der Waals surface area (Å²) in [6.07, 6.45) is 0.601. The van der Waals surface area contributed by atoms with Crippen molar-refractivity contribution < 1.29 is 18.8 Å². The number of nitrogens with one attached hydrogen (secondary N) is 2. The summed E-state index contributed by atoms with van der Waals surface area (Å²) < 4.78 is 19.7. The van der Waals surface area contributed by atoms with Gasteiger partial charge >= 0.3 is 11.4 Å². The van der Waals surface area contributed by atoms with Gasteiger partial charge in [-0.1, -0.05) is 11.8 Å². The van der Waals surface area contributed by atoms with E-state index < -0.39 is 33.3 Å². The van der Waals surface area contributed by atoms with Crippen molar-refractivity contribution in [3.63, 3.8) is 0 Å². The number of hydrogen-bond donors (Lipinski definition) is 2. The maximum Gasteiger partial charge on any atom is 0.343 e. The number of thioether (sulfide) groups is 1. The molecule has 1 aromatic heterocycles. The molecule has 1 aromatic carbocycles. The predicted octanol–water partition coefficient (Wildman–Crippen LogP) is 1.77. The molecule has 1 unspecified atom stereocenters. The van der Waals surface area contributed by atoms with Crippen LogP contribution in [0.25, 0.3) is 0 Å². The van der Waals surface area contributed by atoms with Crippen molar-refractivity contribution >= 4 is 29.0 Å². The van der Waals surface area contributed by atoms with Crippen molar-refractivity contribution in [3.05, 3.63) is 44.6 Å². The van der Waals surface area contributed by atoms with E-state index in [4.69, 9.17) is 4.74 Å². The van der Waals surface area contributed by atoms with Gasteiger partial charge in [-0.3, -0.25) is 19.5 Å². The quantitative estimate of drug-likeness (QED) is 0.284. The Morgan fingerprint density at radius 3 is 2.96 bits per heavy atom. The number of nitro benzene ring substituents is 1. The minimum absolute atomic E-state index is 0.0973. The van der Waals surface area contributed by atoms with Gasteiger partial charge in [0, 0.05) is 32.0 Å². The van der Waals surface area contributed by atoms with Crippen LogP contribution >= 0.6 is 11.8 Å². The van der Waals surface area contributed by atoms with Crippen molar-refractivity contribution in [2.45, 2.75) is 30.3 Å².